The monoisotopic (exact) mass is 636 g/mol. The number of carbonyl (C=O) groups excluding carboxylic acids is 2. The van der Waals surface area contributed by atoms with Gasteiger partial charge < -0.3 is 24.1 Å². The molecule has 5 heterocycles. The van der Waals surface area contributed by atoms with Crippen LogP contribution >= 0.6 is 11.6 Å². The molecule has 1 atom stereocenters. The van der Waals surface area contributed by atoms with Crippen molar-refractivity contribution in [2.75, 3.05) is 39.5 Å². The molecule has 0 aliphatic carbocycles. The van der Waals surface area contributed by atoms with Crippen molar-refractivity contribution in [3.8, 4) is 11.1 Å². The maximum absolute atomic E-state index is 14.0. The van der Waals surface area contributed by atoms with E-state index in [9.17, 15) is 9.59 Å². The molecule has 2 aromatic heterocycles. The zero-order valence-electron chi connectivity index (χ0n) is 27.3. The summed E-state index contributed by atoms with van der Waals surface area (Å²) in [5.41, 5.74) is 3.94. The fourth-order valence-electron chi connectivity index (χ4n) is 7.21. The number of hydrogen-bond acceptors (Lipinski definition) is 6. The summed E-state index contributed by atoms with van der Waals surface area (Å²) < 4.78 is 17.8. The molecule has 2 fully saturated rings. The predicted molar refractivity (Wildman–Crippen MR) is 174 cm³/mol. The lowest BCUT2D eigenvalue weighted by atomic mass is 9.65. The minimum Gasteiger partial charge on any atom is -0.444 e. The van der Waals surface area contributed by atoms with Crippen molar-refractivity contribution in [3.63, 3.8) is 0 Å². The van der Waals surface area contributed by atoms with Crippen LogP contribution in [0, 0.1) is 11.3 Å². The lowest BCUT2D eigenvalue weighted by molar-refractivity contribution is -0.139. The first-order valence-electron chi connectivity index (χ1n) is 16.0. The molecule has 0 radical (unpaired) electrons. The van der Waals surface area contributed by atoms with Crippen LogP contribution in [0.5, 0.6) is 0 Å². The van der Waals surface area contributed by atoms with E-state index >= 15 is 0 Å². The Balaban J connectivity index is 1.52. The lowest BCUT2D eigenvalue weighted by Crippen LogP contribution is -2.64. The number of H-pyrrole nitrogens is 1. The van der Waals surface area contributed by atoms with Crippen LogP contribution in [0.1, 0.15) is 71.1 Å². The van der Waals surface area contributed by atoms with E-state index in [4.69, 9.17) is 25.8 Å². The van der Waals surface area contributed by atoms with Gasteiger partial charge in [-0.15, -0.1) is 0 Å². The van der Waals surface area contributed by atoms with Crippen molar-refractivity contribution in [1.82, 2.24) is 19.8 Å². The number of pyridine rings is 1. The highest BCUT2D eigenvalue weighted by molar-refractivity contribution is 6.35. The summed E-state index contributed by atoms with van der Waals surface area (Å²) in [5.74, 6) is 0.181. The predicted octanol–water partition coefficient (Wildman–Crippen LogP) is 6.70. The van der Waals surface area contributed by atoms with Gasteiger partial charge in [-0.2, -0.15) is 0 Å². The summed E-state index contributed by atoms with van der Waals surface area (Å²) in [7, 11) is 0. The second-order valence-electron chi connectivity index (χ2n) is 14.6. The largest absolute Gasteiger partial charge is 0.444 e. The standard InChI is InChI=1S/C35H45ClN4O5/c1-33(2,3)35(21-44-14-11-40(35)32(42)45-34(4,5)6)28-17-23(24-16-27-29(36)19-38-30(27)37-18-24)15-25-20-39(10-7-26(25)28)31(41)22-8-12-43-13-9-22/h15-19,22H,7-14,20-21H2,1-6H3,(H,37,38)/t35-/m0/s1. The van der Waals surface area contributed by atoms with E-state index in [2.05, 4.69) is 42.9 Å². The highest BCUT2D eigenvalue weighted by Crippen LogP contribution is 2.50. The van der Waals surface area contributed by atoms with Crippen LogP contribution in [0.3, 0.4) is 0 Å². The number of aromatic nitrogens is 2. The number of hydrogen-bond donors (Lipinski definition) is 1. The molecular formula is C35H45ClN4O5. The summed E-state index contributed by atoms with van der Waals surface area (Å²) in [6.45, 7) is 15.7. The molecule has 0 spiro atoms. The van der Waals surface area contributed by atoms with Crippen molar-refractivity contribution >= 4 is 34.6 Å². The number of halogens is 1. The Bertz CT molecular complexity index is 1600. The van der Waals surface area contributed by atoms with Crippen molar-refractivity contribution in [2.24, 2.45) is 11.3 Å². The van der Waals surface area contributed by atoms with Gasteiger partial charge >= 0.3 is 6.09 Å². The Hall–Kier alpha value is -3.14. The normalized spacial score (nSPS) is 21.6. The quantitative estimate of drug-likeness (QED) is 0.344. The van der Waals surface area contributed by atoms with E-state index < -0.39 is 16.6 Å². The molecule has 10 heteroatoms. The van der Waals surface area contributed by atoms with E-state index in [1.807, 2.05) is 42.8 Å². The third kappa shape index (κ3) is 5.95. The second kappa shape index (κ2) is 11.9. The molecule has 0 unspecified atom stereocenters. The first kappa shape index (κ1) is 31.8. The number of fused-ring (bicyclic) bond motifs is 2. The fourth-order valence-corrected chi connectivity index (χ4v) is 7.41. The van der Waals surface area contributed by atoms with Crippen molar-refractivity contribution in [1.29, 1.82) is 0 Å². The van der Waals surface area contributed by atoms with E-state index in [1.165, 1.54) is 0 Å². The molecule has 2 saturated heterocycles. The summed E-state index contributed by atoms with van der Waals surface area (Å²) in [5, 5.41) is 1.44. The van der Waals surface area contributed by atoms with Gasteiger partial charge in [0.05, 0.1) is 23.8 Å². The van der Waals surface area contributed by atoms with Crippen LogP contribution in [0.4, 0.5) is 4.79 Å². The van der Waals surface area contributed by atoms with Gasteiger partial charge in [-0.1, -0.05) is 32.4 Å². The molecule has 1 N–H and O–H groups in total. The maximum atomic E-state index is 14.0. The van der Waals surface area contributed by atoms with Gasteiger partial charge in [-0.25, -0.2) is 9.78 Å². The van der Waals surface area contributed by atoms with Gasteiger partial charge in [0.15, 0.2) is 0 Å². The Labute approximate surface area is 270 Å². The zero-order chi connectivity index (χ0) is 32.1. The lowest BCUT2D eigenvalue weighted by Gasteiger charge is -2.55. The first-order valence-corrected chi connectivity index (χ1v) is 16.4. The highest BCUT2D eigenvalue weighted by Gasteiger charge is 2.54. The van der Waals surface area contributed by atoms with Crippen LogP contribution < -0.4 is 0 Å². The average molecular weight is 637 g/mol. The summed E-state index contributed by atoms with van der Waals surface area (Å²) in [6, 6.07) is 6.44. The Morgan fingerprint density at radius 2 is 1.78 bits per heavy atom. The van der Waals surface area contributed by atoms with Crippen LogP contribution in [0.15, 0.2) is 30.6 Å². The summed E-state index contributed by atoms with van der Waals surface area (Å²) in [4.78, 5) is 39.4. The highest BCUT2D eigenvalue weighted by atomic mass is 35.5. The molecule has 9 nitrogen and oxygen atoms in total. The smallest absolute Gasteiger partial charge is 0.411 e. The van der Waals surface area contributed by atoms with Gasteiger partial charge in [-0.3, -0.25) is 9.69 Å². The third-order valence-corrected chi connectivity index (χ3v) is 9.88. The fraction of sp³-hybridized carbons (Fsp3) is 0.571. The van der Waals surface area contributed by atoms with Crippen molar-refractivity contribution < 1.29 is 23.8 Å². The minimum absolute atomic E-state index is 0.0133. The number of rotatable bonds is 3. The van der Waals surface area contributed by atoms with E-state index in [0.717, 1.165) is 51.7 Å². The van der Waals surface area contributed by atoms with Crippen molar-refractivity contribution in [3.05, 3.63) is 52.3 Å². The molecular weight excluding hydrogens is 592 g/mol. The van der Waals surface area contributed by atoms with Crippen LogP contribution in [-0.4, -0.2) is 76.9 Å². The molecule has 3 aliphatic rings. The first-order chi connectivity index (χ1) is 21.3. The second-order valence-corrected chi connectivity index (χ2v) is 15.0. The Kier molecular flexibility index (Phi) is 8.42. The molecule has 0 saturated carbocycles. The van der Waals surface area contributed by atoms with Gasteiger partial charge in [0.25, 0.3) is 0 Å². The van der Waals surface area contributed by atoms with Gasteiger partial charge in [0, 0.05) is 62.1 Å². The third-order valence-electron chi connectivity index (χ3n) is 9.56. The molecule has 2 amide bonds. The molecule has 0 bridgehead atoms. The Morgan fingerprint density at radius 1 is 1.02 bits per heavy atom. The number of benzene rings is 1. The van der Waals surface area contributed by atoms with E-state index in [0.29, 0.717) is 57.5 Å². The number of nitrogens with zero attached hydrogens (tertiary/aromatic N) is 3. The zero-order valence-corrected chi connectivity index (χ0v) is 28.1. The minimum atomic E-state index is -0.830. The summed E-state index contributed by atoms with van der Waals surface area (Å²) in [6.07, 6.45) is 5.43. The molecule has 45 heavy (non-hydrogen) atoms. The van der Waals surface area contributed by atoms with Gasteiger partial charge in [-0.05, 0) is 85.9 Å². The number of nitrogens with one attached hydrogen (secondary N) is 1. The molecule has 3 aromatic rings. The maximum Gasteiger partial charge on any atom is 0.411 e. The number of aromatic amines is 1. The number of amides is 2. The Morgan fingerprint density at radius 3 is 2.49 bits per heavy atom. The van der Waals surface area contributed by atoms with Crippen LogP contribution in [0.2, 0.25) is 5.02 Å². The van der Waals surface area contributed by atoms with Crippen molar-refractivity contribution in [2.45, 2.75) is 78.5 Å². The molecule has 6 rings (SSSR count). The van der Waals surface area contributed by atoms with Crippen LogP contribution in [-0.2, 0) is 37.5 Å². The average Bonchev–Trinajstić information content (AvgIpc) is 3.38. The van der Waals surface area contributed by atoms with E-state index in [-0.39, 0.29) is 17.9 Å². The summed E-state index contributed by atoms with van der Waals surface area (Å²) >= 11 is 6.52. The van der Waals surface area contributed by atoms with E-state index in [1.54, 1.807) is 6.20 Å². The topological polar surface area (TPSA) is 97.0 Å². The SMILES string of the molecule is CC(C)(C)OC(=O)N1CCOC[C@]1(c1cc(-c2cnc3[nH]cc(Cl)c3c2)cc2c1CCN(C(=O)C1CCOCC1)C2)C(C)(C)C. The van der Waals surface area contributed by atoms with Crippen LogP contribution in [0.25, 0.3) is 22.2 Å². The number of carbonyl (C=O) groups is 2. The molecule has 1 aromatic carbocycles. The molecule has 242 valence electrons. The number of morpholine rings is 1. The molecule has 3 aliphatic heterocycles. The van der Waals surface area contributed by atoms with Gasteiger partial charge in [0.1, 0.15) is 11.2 Å². The number of ether oxygens (including phenoxy) is 3. The van der Waals surface area contributed by atoms with Gasteiger partial charge in [0.2, 0.25) is 5.91 Å².